The predicted octanol–water partition coefficient (Wildman–Crippen LogP) is 10.6. The van der Waals surface area contributed by atoms with Crippen LogP contribution in [0.15, 0.2) is 170 Å². The maximum atomic E-state index is 5.05. The Morgan fingerprint density at radius 3 is 1.31 bits per heavy atom. The van der Waals surface area contributed by atoms with E-state index in [0.717, 1.165) is 66.9 Å². The van der Waals surface area contributed by atoms with Gasteiger partial charge in [-0.05, 0) is 76.2 Å². The summed E-state index contributed by atoms with van der Waals surface area (Å²) in [5, 5.41) is 0. The number of aryl methyl sites for hydroxylation is 1. The maximum Gasteiger partial charge on any atom is 0.164 e. The molecule has 0 aliphatic heterocycles. The van der Waals surface area contributed by atoms with E-state index >= 15 is 0 Å². The molecule has 0 atom stereocenters. The van der Waals surface area contributed by atoms with Crippen molar-refractivity contribution in [1.29, 1.82) is 0 Å². The number of hydrogen-bond donors (Lipinski definition) is 0. The number of benzene rings is 5. The summed E-state index contributed by atoms with van der Waals surface area (Å²) in [6.45, 7) is 2.04. The lowest BCUT2D eigenvalue weighted by molar-refractivity contribution is 1.07. The van der Waals surface area contributed by atoms with Crippen molar-refractivity contribution in [3.63, 3.8) is 0 Å². The van der Waals surface area contributed by atoms with Gasteiger partial charge >= 0.3 is 0 Å². The summed E-state index contributed by atoms with van der Waals surface area (Å²) in [4.78, 5) is 23.8. The summed E-state index contributed by atoms with van der Waals surface area (Å²) in [5.41, 5.74) is 12.6. The number of pyridine rings is 2. The molecule has 8 aromatic rings. The Bertz CT molecular complexity index is 2300. The topological polar surface area (TPSA) is 64.5 Å². The van der Waals surface area contributed by atoms with E-state index in [2.05, 4.69) is 88.8 Å². The van der Waals surface area contributed by atoms with Crippen molar-refractivity contribution in [2.75, 3.05) is 0 Å². The monoisotopic (exact) mass is 629 g/mol. The number of nitrogens with zero attached hydrogens (tertiary/aromatic N) is 5. The molecular formula is C44H31N5. The zero-order chi connectivity index (χ0) is 33.0. The first-order valence-electron chi connectivity index (χ1n) is 16.2. The van der Waals surface area contributed by atoms with Crippen molar-refractivity contribution < 1.29 is 0 Å². The molecule has 0 aliphatic rings. The molecule has 0 saturated heterocycles. The van der Waals surface area contributed by atoms with Crippen LogP contribution in [0.2, 0.25) is 0 Å². The maximum absolute atomic E-state index is 5.05. The minimum Gasteiger partial charge on any atom is -0.264 e. The third-order valence-corrected chi connectivity index (χ3v) is 8.64. The predicted molar refractivity (Wildman–Crippen MR) is 198 cm³/mol. The van der Waals surface area contributed by atoms with Crippen LogP contribution in [0.1, 0.15) is 5.69 Å². The lowest BCUT2D eigenvalue weighted by atomic mass is 9.93. The summed E-state index contributed by atoms with van der Waals surface area (Å²) in [5.74, 6) is 1.88. The van der Waals surface area contributed by atoms with Gasteiger partial charge in [0.1, 0.15) is 0 Å². The SMILES string of the molecule is Cc1ncccc1-c1ccc(-c2cc(-c3ccc(-c4cccnc4)cc3)cc(-c3nc(-c4ccccc4)nc(-c4ccccc4)n3)c2)cc1. The second-order valence-corrected chi connectivity index (χ2v) is 11.9. The molecule has 0 bridgehead atoms. The first-order valence-corrected chi connectivity index (χ1v) is 16.2. The van der Waals surface area contributed by atoms with Gasteiger partial charge in [-0.15, -0.1) is 0 Å². The molecular weight excluding hydrogens is 599 g/mol. The number of aromatic nitrogens is 5. The highest BCUT2D eigenvalue weighted by molar-refractivity contribution is 5.82. The Morgan fingerprint density at radius 2 is 0.796 bits per heavy atom. The van der Waals surface area contributed by atoms with E-state index in [4.69, 9.17) is 15.0 Å². The van der Waals surface area contributed by atoms with E-state index in [1.54, 1.807) is 6.20 Å². The third-order valence-electron chi connectivity index (χ3n) is 8.64. The molecule has 5 aromatic carbocycles. The average Bonchev–Trinajstić information content (AvgIpc) is 3.19. The van der Waals surface area contributed by atoms with Gasteiger partial charge < -0.3 is 0 Å². The molecule has 0 fully saturated rings. The van der Waals surface area contributed by atoms with E-state index < -0.39 is 0 Å². The van der Waals surface area contributed by atoms with E-state index in [1.807, 2.05) is 92.1 Å². The Labute approximate surface area is 285 Å². The Morgan fingerprint density at radius 1 is 0.347 bits per heavy atom. The van der Waals surface area contributed by atoms with Crippen LogP contribution in [0, 0.1) is 6.92 Å². The lowest BCUT2D eigenvalue weighted by Gasteiger charge is -2.13. The van der Waals surface area contributed by atoms with Crippen molar-refractivity contribution in [3.8, 4) is 78.7 Å². The van der Waals surface area contributed by atoms with Crippen LogP contribution < -0.4 is 0 Å². The summed E-state index contributed by atoms with van der Waals surface area (Å²) in [6, 6.07) is 52.2. The fourth-order valence-electron chi connectivity index (χ4n) is 6.05. The molecule has 0 N–H and O–H groups in total. The summed E-state index contributed by atoms with van der Waals surface area (Å²) in [6.07, 6.45) is 5.51. The van der Waals surface area contributed by atoms with Gasteiger partial charge in [-0.3, -0.25) is 9.97 Å². The van der Waals surface area contributed by atoms with Gasteiger partial charge in [0, 0.05) is 46.5 Å². The van der Waals surface area contributed by atoms with Crippen LogP contribution in [-0.4, -0.2) is 24.9 Å². The first-order chi connectivity index (χ1) is 24.2. The van der Waals surface area contributed by atoms with Gasteiger partial charge in [0.05, 0.1) is 0 Å². The van der Waals surface area contributed by atoms with Crippen molar-refractivity contribution in [2.24, 2.45) is 0 Å². The Balaban J connectivity index is 1.28. The Hall–Kier alpha value is -6.59. The van der Waals surface area contributed by atoms with Crippen LogP contribution >= 0.6 is 0 Å². The van der Waals surface area contributed by atoms with E-state index in [-0.39, 0.29) is 0 Å². The molecule has 0 radical (unpaired) electrons. The van der Waals surface area contributed by atoms with Crippen LogP contribution in [-0.2, 0) is 0 Å². The van der Waals surface area contributed by atoms with E-state index in [0.29, 0.717) is 17.5 Å². The molecule has 49 heavy (non-hydrogen) atoms. The normalized spacial score (nSPS) is 11.0. The van der Waals surface area contributed by atoms with Crippen molar-refractivity contribution in [3.05, 3.63) is 176 Å². The molecule has 5 nitrogen and oxygen atoms in total. The van der Waals surface area contributed by atoms with Crippen LogP contribution in [0.3, 0.4) is 0 Å². The molecule has 3 aromatic heterocycles. The molecule has 0 spiro atoms. The lowest BCUT2D eigenvalue weighted by Crippen LogP contribution is -2.00. The molecule has 5 heteroatoms. The van der Waals surface area contributed by atoms with Gasteiger partial charge in [-0.1, -0.05) is 121 Å². The molecule has 0 aliphatic carbocycles. The summed E-state index contributed by atoms with van der Waals surface area (Å²) >= 11 is 0. The van der Waals surface area contributed by atoms with E-state index in [9.17, 15) is 0 Å². The Kier molecular flexibility index (Phi) is 8.06. The zero-order valence-electron chi connectivity index (χ0n) is 26.9. The fraction of sp³-hybridized carbons (Fsp3) is 0.0227. The van der Waals surface area contributed by atoms with Gasteiger partial charge in [-0.25, -0.2) is 15.0 Å². The van der Waals surface area contributed by atoms with Crippen molar-refractivity contribution >= 4 is 0 Å². The van der Waals surface area contributed by atoms with Crippen LogP contribution in [0.4, 0.5) is 0 Å². The first kappa shape index (κ1) is 29.8. The quantitative estimate of drug-likeness (QED) is 0.175. The second kappa shape index (κ2) is 13.3. The standard InChI is InChI=1S/C44H31N5/c1-30-41(15-9-25-46-30)34-22-20-33(21-23-34)39-26-38(32-18-16-31(17-19-32)37-14-8-24-45-29-37)27-40(28-39)44-48-42(35-10-4-2-5-11-35)47-43(49-44)36-12-6-3-7-13-36/h2-29H,1H3. The minimum absolute atomic E-state index is 0.616. The molecule has 232 valence electrons. The highest BCUT2D eigenvalue weighted by Crippen LogP contribution is 2.35. The van der Waals surface area contributed by atoms with Crippen molar-refractivity contribution in [1.82, 2.24) is 24.9 Å². The molecule has 8 rings (SSSR count). The molecule has 0 saturated carbocycles. The van der Waals surface area contributed by atoms with Gasteiger partial charge in [-0.2, -0.15) is 0 Å². The van der Waals surface area contributed by atoms with Crippen molar-refractivity contribution in [2.45, 2.75) is 6.92 Å². The second-order valence-electron chi connectivity index (χ2n) is 11.9. The molecule has 3 heterocycles. The smallest absolute Gasteiger partial charge is 0.164 e. The minimum atomic E-state index is 0.616. The number of rotatable bonds is 7. The highest BCUT2D eigenvalue weighted by atomic mass is 15.0. The third kappa shape index (κ3) is 6.38. The van der Waals surface area contributed by atoms with Crippen LogP contribution in [0.5, 0.6) is 0 Å². The molecule has 0 amide bonds. The fourth-order valence-corrected chi connectivity index (χ4v) is 6.05. The largest absolute Gasteiger partial charge is 0.264 e. The average molecular weight is 630 g/mol. The number of hydrogen-bond acceptors (Lipinski definition) is 5. The van der Waals surface area contributed by atoms with E-state index in [1.165, 1.54) is 0 Å². The van der Waals surface area contributed by atoms with Gasteiger partial charge in [0.2, 0.25) is 0 Å². The summed E-state index contributed by atoms with van der Waals surface area (Å²) < 4.78 is 0. The highest BCUT2D eigenvalue weighted by Gasteiger charge is 2.15. The zero-order valence-corrected chi connectivity index (χ0v) is 26.9. The molecule has 0 unspecified atom stereocenters. The van der Waals surface area contributed by atoms with Crippen LogP contribution in [0.25, 0.3) is 78.7 Å². The summed E-state index contributed by atoms with van der Waals surface area (Å²) in [7, 11) is 0. The van der Waals surface area contributed by atoms with Gasteiger partial charge in [0.15, 0.2) is 17.5 Å². The van der Waals surface area contributed by atoms with Gasteiger partial charge in [0.25, 0.3) is 0 Å².